The lowest BCUT2D eigenvalue weighted by Gasteiger charge is -2.23. The molecule has 18 heavy (non-hydrogen) atoms. The molecular weight excluding hydrogens is 218 g/mol. The minimum Gasteiger partial charge on any atom is -0.317 e. The second kappa shape index (κ2) is 6.38. The average molecular weight is 245 g/mol. The van der Waals surface area contributed by atoms with E-state index in [2.05, 4.69) is 50.5 Å². The lowest BCUT2D eigenvalue weighted by atomic mass is 9.91. The largest absolute Gasteiger partial charge is 0.317 e. The van der Waals surface area contributed by atoms with Crippen LogP contribution in [0.5, 0.6) is 0 Å². The zero-order chi connectivity index (χ0) is 13.0. The van der Waals surface area contributed by atoms with E-state index in [1.807, 2.05) is 0 Å². The highest BCUT2D eigenvalue weighted by molar-refractivity contribution is 5.32. The minimum atomic E-state index is 0.691. The van der Waals surface area contributed by atoms with Gasteiger partial charge >= 0.3 is 0 Å². The van der Waals surface area contributed by atoms with Gasteiger partial charge in [0, 0.05) is 6.04 Å². The van der Waals surface area contributed by atoms with Crippen LogP contribution in [0.1, 0.15) is 44.2 Å². The summed E-state index contributed by atoms with van der Waals surface area (Å²) >= 11 is 0. The molecule has 1 atom stereocenters. The summed E-state index contributed by atoms with van der Waals surface area (Å²) < 4.78 is 0. The van der Waals surface area contributed by atoms with Crippen LogP contribution in [0, 0.1) is 11.8 Å². The van der Waals surface area contributed by atoms with Crippen LogP contribution in [0.3, 0.4) is 0 Å². The van der Waals surface area contributed by atoms with Gasteiger partial charge in [-0.15, -0.1) is 0 Å². The van der Waals surface area contributed by atoms with E-state index in [4.69, 9.17) is 0 Å². The number of hydrogen-bond donors (Lipinski definition) is 1. The van der Waals surface area contributed by atoms with E-state index in [0.29, 0.717) is 6.04 Å². The first-order valence-corrected chi connectivity index (χ1v) is 7.44. The minimum absolute atomic E-state index is 0.691. The molecule has 0 fully saturated rings. The average Bonchev–Trinajstić information content (AvgIpc) is 2.77. The summed E-state index contributed by atoms with van der Waals surface area (Å²) in [6.07, 6.45) is 6.58. The molecule has 0 bridgehead atoms. The van der Waals surface area contributed by atoms with E-state index in [1.54, 1.807) is 11.1 Å². The van der Waals surface area contributed by atoms with Crippen molar-refractivity contribution < 1.29 is 0 Å². The van der Waals surface area contributed by atoms with Crippen LogP contribution in [-0.4, -0.2) is 13.1 Å². The molecule has 1 nitrogen and oxygen atoms in total. The van der Waals surface area contributed by atoms with E-state index in [0.717, 1.165) is 11.8 Å². The predicted molar refractivity (Wildman–Crippen MR) is 78.9 cm³/mol. The zero-order valence-corrected chi connectivity index (χ0v) is 12.1. The van der Waals surface area contributed by atoms with Crippen molar-refractivity contribution in [2.75, 3.05) is 7.05 Å². The van der Waals surface area contributed by atoms with Crippen LogP contribution in [0.15, 0.2) is 24.3 Å². The maximum Gasteiger partial charge on any atom is 0.00986 e. The number of hydrogen-bond acceptors (Lipinski definition) is 1. The van der Waals surface area contributed by atoms with Crippen molar-refractivity contribution in [2.24, 2.45) is 11.8 Å². The first-order valence-electron chi connectivity index (χ1n) is 7.44. The Morgan fingerprint density at radius 3 is 2.22 bits per heavy atom. The number of nitrogens with one attached hydrogen (secondary N) is 1. The van der Waals surface area contributed by atoms with Gasteiger partial charge in [0.15, 0.2) is 0 Å². The molecule has 0 heterocycles. The van der Waals surface area contributed by atoms with E-state index >= 15 is 0 Å². The normalized spacial score (nSPS) is 17.1. The van der Waals surface area contributed by atoms with Crippen molar-refractivity contribution in [3.8, 4) is 0 Å². The smallest absolute Gasteiger partial charge is 0.00986 e. The maximum absolute atomic E-state index is 3.55. The third kappa shape index (κ3) is 3.35. The van der Waals surface area contributed by atoms with Gasteiger partial charge < -0.3 is 5.32 Å². The molecule has 0 amide bonds. The monoisotopic (exact) mass is 245 g/mol. The highest BCUT2D eigenvalue weighted by Crippen LogP contribution is 2.30. The summed E-state index contributed by atoms with van der Waals surface area (Å²) in [5.74, 6) is 1.64. The summed E-state index contributed by atoms with van der Waals surface area (Å²) in [6, 6.07) is 9.64. The fraction of sp³-hybridized carbons (Fsp3) is 0.647. The Morgan fingerprint density at radius 1 is 1.11 bits per heavy atom. The molecule has 0 aromatic heterocycles. The van der Waals surface area contributed by atoms with E-state index in [9.17, 15) is 0 Å². The van der Waals surface area contributed by atoms with Gasteiger partial charge in [-0.05, 0) is 49.3 Å². The van der Waals surface area contributed by atoms with Crippen LogP contribution in [0.2, 0.25) is 0 Å². The van der Waals surface area contributed by atoms with Gasteiger partial charge in [-0.25, -0.2) is 0 Å². The Balaban J connectivity index is 1.87. The maximum atomic E-state index is 3.55. The first-order chi connectivity index (χ1) is 8.70. The Hall–Kier alpha value is -0.820. The van der Waals surface area contributed by atoms with Gasteiger partial charge in [-0.1, -0.05) is 51.0 Å². The molecule has 1 heteroatoms. The zero-order valence-electron chi connectivity index (χ0n) is 12.1. The summed E-state index contributed by atoms with van der Waals surface area (Å²) in [7, 11) is 2.13. The van der Waals surface area contributed by atoms with Crippen LogP contribution in [0.25, 0.3) is 0 Å². The van der Waals surface area contributed by atoms with Gasteiger partial charge in [0.1, 0.15) is 0 Å². The molecule has 0 radical (unpaired) electrons. The highest BCUT2D eigenvalue weighted by atomic mass is 14.9. The highest BCUT2D eigenvalue weighted by Gasteiger charge is 2.27. The number of fused-ring (bicyclic) bond motifs is 1. The molecule has 0 aliphatic heterocycles. The van der Waals surface area contributed by atoms with Crippen LogP contribution < -0.4 is 5.32 Å². The van der Waals surface area contributed by atoms with Crippen LogP contribution in [-0.2, 0) is 12.8 Å². The van der Waals surface area contributed by atoms with E-state index < -0.39 is 0 Å². The summed E-state index contributed by atoms with van der Waals surface area (Å²) in [6.45, 7) is 4.64. The Bertz CT molecular complexity index is 345. The summed E-state index contributed by atoms with van der Waals surface area (Å²) in [5, 5.41) is 3.55. The van der Waals surface area contributed by atoms with Crippen molar-refractivity contribution in [1.82, 2.24) is 5.32 Å². The third-order valence-corrected chi connectivity index (χ3v) is 4.32. The number of benzene rings is 1. The predicted octanol–water partition coefficient (Wildman–Crippen LogP) is 3.82. The molecule has 1 aliphatic rings. The lowest BCUT2D eigenvalue weighted by Crippen LogP contribution is -2.34. The molecule has 0 saturated carbocycles. The van der Waals surface area contributed by atoms with Crippen LogP contribution >= 0.6 is 0 Å². The fourth-order valence-electron chi connectivity index (χ4n) is 3.24. The SMILES string of the molecule is CNC(CCCC(C)C)C1Cc2ccccc2C1. The Kier molecular flexibility index (Phi) is 4.82. The summed E-state index contributed by atoms with van der Waals surface area (Å²) in [4.78, 5) is 0. The fourth-order valence-corrected chi connectivity index (χ4v) is 3.24. The van der Waals surface area contributed by atoms with Crippen molar-refractivity contribution >= 4 is 0 Å². The van der Waals surface area contributed by atoms with Gasteiger partial charge in [-0.2, -0.15) is 0 Å². The quantitative estimate of drug-likeness (QED) is 0.803. The molecule has 1 N–H and O–H groups in total. The molecular formula is C17H27N. The molecule has 0 saturated heterocycles. The molecule has 2 rings (SSSR count). The van der Waals surface area contributed by atoms with Crippen molar-refractivity contribution in [3.05, 3.63) is 35.4 Å². The third-order valence-electron chi connectivity index (χ3n) is 4.32. The lowest BCUT2D eigenvalue weighted by molar-refractivity contribution is 0.347. The molecule has 0 spiro atoms. The van der Waals surface area contributed by atoms with E-state index in [-0.39, 0.29) is 0 Å². The van der Waals surface area contributed by atoms with Gasteiger partial charge in [0.2, 0.25) is 0 Å². The van der Waals surface area contributed by atoms with Gasteiger partial charge in [-0.3, -0.25) is 0 Å². The molecule has 1 aromatic rings. The second-order valence-electron chi connectivity index (χ2n) is 6.16. The van der Waals surface area contributed by atoms with Crippen molar-refractivity contribution in [1.29, 1.82) is 0 Å². The van der Waals surface area contributed by atoms with Gasteiger partial charge in [0.25, 0.3) is 0 Å². The molecule has 1 aliphatic carbocycles. The first kappa shape index (κ1) is 13.6. The van der Waals surface area contributed by atoms with Gasteiger partial charge in [0.05, 0.1) is 0 Å². The Labute approximate surface area is 112 Å². The standard InChI is InChI=1S/C17H27N/c1-13(2)7-6-10-17(18-3)16-11-14-8-4-5-9-15(14)12-16/h4-5,8-9,13,16-18H,6-7,10-12H2,1-3H3. The van der Waals surface area contributed by atoms with E-state index in [1.165, 1.54) is 32.1 Å². The van der Waals surface area contributed by atoms with Crippen molar-refractivity contribution in [3.63, 3.8) is 0 Å². The second-order valence-corrected chi connectivity index (χ2v) is 6.16. The van der Waals surface area contributed by atoms with Crippen LogP contribution in [0.4, 0.5) is 0 Å². The topological polar surface area (TPSA) is 12.0 Å². The summed E-state index contributed by atoms with van der Waals surface area (Å²) in [5.41, 5.74) is 3.15. The Morgan fingerprint density at radius 2 is 1.72 bits per heavy atom. The number of rotatable bonds is 6. The van der Waals surface area contributed by atoms with Crippen molar-refractivity contribution in [2.45, 2.75) is 52.0 Å². The molecule has 1 aromatic carbocycles. The molecule has 1 unspecified atom stereocenters. The molecule has 100 valence electrons.